The number of esters is 1. The number of unbranched alkanes of at least 4 members (excludes halogenated alkanes) is 40. The molecule has 0 spiro atoms. The molecule has 2 atom stereocenters. The monoisotopic (exact) mass is 970 g/mol. The van der Waals surface area contributed by atoms with Crippen LogP contribution in [0.4, 0.5) is 0 Å². The third-order valence-electron chi connectivity index (χ3n) is 14.2. The minimum atomic E-state index is -0.674. The summed E-state index contributed by atoms with van der Waals surface area (Å²) in [5, 5.41) is 23.3. The average Bonchev–Trinajstić information content (AvgIpc) is 3.35. The predicted octanol–water partition coefficient (Wildman–Crippen LogP) is 19.2. The first-order valence-corrected chi connectivity index (χ1v) is 30.7. The van der Waals surface area contributed by atoms with Crippen LogP contribution in [0.25, 0.3) is 0 Å². The van der Waals surface area contributed by atoms with Gasteiger partial charge in [-0.1, -0.05) is 269 Å². The van der Waals surface area contributed by atoms with E-state index in [1.165, 1.54) is 231 Å². The van der Waals surface area contributed by atoms with Gasteiger partial charge < -0.3 is 20.3 Å². The minimum absolute atomic E-state index is 0.0150. The van der Waals surface area contributed by atoms with Crippen molar-refractivity contribution in [2.24, 2.45) is 0 Å². The van der Waals surface area contributed by atoms with Gasteiger partial charge in [-0.2, -0.15) is 0 Å². The summed E-state index contributed by atoms with van der Waals surface area (Å²) in [6, 6.07) is -0.552. The Kier molecular flexibility index (Phi) is 57.0. The number of ether oxygens (including phenoxy) is 1. The average molecular weight is 971 g/mol. The number of hydrogen-bond donors (Lipinski definition) is 3. The topological polar surface area (TPSA) is 95.9 Å². The van der Waals surface area contributed by atoms with E-state index in [1.54, 1.807) is 0 Å². The molecule has 0 aliphatic rings. The molecule has 0 fully saturated rings. The van der Waals surface area contributed by atoms with E-state index in [1.807, 2.05) is 0 Å². The standard InChI is InChI=1S/C63H119NO5/c1-3-5-7-9-11-13-15-17-19-21-22-24-27-31-35-39-43-47-51-55-61(66)60(59-65)64-62(67)56-52-48-44-40-36-32-28-25-23-26-30-34-38-42-46-50-54-58-69-63(68)57-53-49-45-41-37-33-29-20-18-16-14-12-10-8-6-4-2/h14,16,20,23,26,29,60-61,65-66H,3-13,15,17-19,21-22,24-25,27-28,30-59H2,1-2H3,(H,64,67)/b16-14-,26-23-,29-20-. The number of nitrogens with one attached hydrogen (secondary N) is 1. The van der Waals surface area contributed by atoms with Crippen LogP contribution < -0.4 is 5.32 Å². The normalized spacial score (nSPS) is 12.8. The van der Waals surface area contributed by atoms with Crippen molar-refractivity contribution in [3.63, 3.8) is 0 Å². The number of allylic oxidation sites excluding steroid dienone is 6. The molecule has 6 nitrogen and oxygen atoms in total. The zero-order chi connectivity index (χ0) is 50.0. The van der Waals surface area contributed by atoms with E-state index >= 15 is 0 Å². The van der Waals surface area contributed by atoms with Gasteiger partial charge in [-0.3, -0.25) is 9.59 Å². The summed E-state index contributed by atoms with van der Waals surface area (Å²) in [5.74, 6) is -0.0603. The van der Waals surface area contributed by atoms with E-state index in [-0.39, 0.29) is 18.5 Å². The Morgan fingerprint density at radius 1 is 0.406 bits per heavy atom. The Hall–Kier alpha value is -1.92. The van der Waals surface area contributed by atoms with Crippen molar-refractivity contribution in [1.82, 2.24) is 5.32 Å². The van der Waals surface area contributed by atoms with Crippen LogP contribution in [0, 0.1) is 0 Å². The van der Waals surface area contributed by atoms with Crippen molar-refractivity contribution in [2.75, 3.05) is 13.2 Å². The van der Waals surface area contributed by atoms with Crippen LogP contribution in [0.1, 0.15) is 328 Å². The molecule has 2 unspecified atom stereocenters. The summed E-state index contributed by atoms with van der Waals surface area (Å²) in [6.45, 7) is 4.92. The maximum atomic E-state index is 12.5. The van der Waals surface area contributed by atoms with E-state index in [9.17, 15) is 19.8 Å². The largest absolute Gasteiger partial charge is 0.466 e. The van der Waals surface area contributed by atoms with Gasteiger partial charge in [-0.25, -0.2) is 0 Å². The molecular formula is C63H119NO5. The summed E-state index contributed by atoms with van der Waals surface area (Å²) in [5.41, 5.74) is 0. The Morgan fingerprint density at radius 2 is 0.725 bits per heavy atom. The number of amides is 1. The number of hydrogen-bond acceptors (Lipinski definition) is 5. The highest BCUT2D eigenvalue weighted by Crippen LogP contribution is 2.17. The van der Waals surface area contributed by atoms with Crippen LogP contribution in [0.3, 0.4) is 0 Å². The maximum Gasteiger partial charge on any atom is 0.305 e. The lowest BCUT2D eigenvalue weighted by molar-refractivity contribution is -0.143. The number of aliphatic hydroxyl groups excluding tert-OH is 2. The van der Waals surface area contributed by atoms with Crippen LogP contribution in [0.15, 0.2) is 36.5 Å². The molecular weight excluding hydrogens is 851 g/mol. The van der Waals surface area contributed by atoms with Gasteiger partial charge in [0.1, 0.15) is 0 Å². The van der Waals surface area contributed by atoms with Crippen LogP contribution in [0.5, 0.6) is 0 Å². The zero-order valence-corrected chi connectivity index (χ0v) is 46.3. The van der Waals surface area contributed by atoms with Crippen molar-refractivity contribution in [2.45, 2.75) is 341 Å². The molecule has 0 radical (unpaired) electrons. The molecule has 0 aliphatic carbocycles. The zero-order valence-electron chi connectivity index (χ0n) is 46.3. The highest BCUT2D eigenvalue weighted by atomic mass is 16.5. The fourth-order valence-corrected chi connectivity index (χ4v) is 9.43. The summed E-state index contributed by atoms with van der Waals surface area (Å²) in [6.07, 6.45) is 72.8. The fourth-order valence-electron chi connectivity index (χ4n) is 9.43. The van der Waals surface area contributed by atoms with Crippen LogP contribution >= 0.6 is 0 Å². The highest BCUT2D eigenvalue weighted by Gasteiger charge is 2.20. The Bertz CT molecular complexity index is 1120. The quantitative estimate of drug-likeness (QED) is 0.0321. The molecule has 0 saturated carbocycles. The van der Waals surface area contributed by atoms with Crippen molar-refractivity contribution >= 4 is 11.9 Å². The molecule has 0 bridgehead atoms. The van der Waals surface area contributed by atoms with Gasteiger partial charge >= 0.3 is 5.97 Å². The second kappa shape index (κ2) is 58.6. The van der Waals surface area contributed by atoms with E-state index in [0.717, 1.165) is 64.2 Å². The summed E-state index contributed by atoms with van der Waals surface area (Å²) in [4.78, 5) is 24.6. The lowest BCUT2D eigenvalue weighted by Gasteiger charge is -2.22. The first kappa shape index (κ1) is 67.1. The minimum Gasteiger partial charge on any atom is -0.466 e. The van der Waals surface area contributed by atoms with E-state index < -0.39 is 12.1 Å². The predicted molar refractivity (Wildman–Crippen MR) is 301 cm³/mol. The van der Waals surface area contributed by atoms with Crippen LogP contribution in [-0.2, 0) is 14.3 Å². The SMILES string of the molecule is CCCCCC/C=C\C/C=C\CCCCCCCC(=O)OCCCCCCCC/C=C\CCCCCCCCCC(=O)NC(CO)C(O)CCCCCCCCCCCCCCCCCCCCC. The van der Waals surface area contributed by atoms with E-state index in [2.05, 4.69) is 55.6 Å². The lowest BCUT2D eigenvalue weighted by atomic mass is 10.0. The molecule has 0 aromatic carbocycles. The lowest BCUT2D eigenvalue weighted by Crippen LogP contribution is -2.45. The summed E-state index contributed by atoms with van der Waals surface area (Å²) < 4.78 is 5.47. The van der Waals surface area contributed by atoms with Gasteiger partial charge in [0.05, 0.1) is 25.4 Å². The molecule has 69 heavy (non-hydrogen) atoms. The molecule has 0 aliphatic heterocycles. The molecule has 6 heteroatoms. The second-order valence-corrected chi connectivity index (χ2v) is 21.0. The van der Waals surface area contributed by atoms with Gasteiger partial charge in [-0.05, 0) is 83.5 Å². The van der Waals surface area contributed by atoms with Crippen molar-refractivity contribution < 1.29 is 24.5 Å². The van der Waals surface area contributed by atoms with Gasteiger partial charge in [0.25, 0.3) is 0 Å². The molecule has 0 aromatic rings. The highest BCUT2D eigenvalue weighted by molar-refractivity contribution is 5.76. The van der Waals surface area contributed by atoms with Gasteiger partial charge in [0.15, 0.2) is 0 Å². The number of carbonyl (C=O) groups excluding carboxylic acids is 2. The van der Waals surface area contributed by atoms with Crippen LogP contribution in [-0.4, -0.2) is 47.4 Å². The number of rotatable bonds is 57. The number of carbonyl (C=O) groups is 2. The first-order valence-electron chi connectivity index (χ1n) is 30.7. The van der Waals surface area contributed by atoms with Gasteiger partial charge in [0, 0.05) is 12.8 Å². The fraction of sp³-hybridized carbons (Fsp3) is 0.873. The smallest absolute Gasteiger partial charge is 0.305 e. The summed E-state index contributed by atoms with van der Waals surface area (Å²) in [7, 11) is 0. The maximum absolute atomic E-state index is 12.5. The Labute approximate surface area is 430 Å². The van der Waals surface area contributed by atoms with E-state index in [0.29, 0.717) is 25.9 Å². The molecule has 406 valence electrons. The van der Waals surface area contributed by atoms with Crippen molar-refractivity contribution in [3.05, 3.63) is 36.5 Å². The molecule has 1 amide bonds. The van der Waals surface area contributed by atoms with Crippen LogP contribution in [0.2, 0.25) is 0 Å². The van der Waals surface area contributed by atoms with Gasteiger partial charge in [-0.15, -0.1) is 0 Å². The Morgan fingerprint density at radius 3 is 1.13 bits per heavy atom. The molecule has 3 N–H and O–H groups in total. The molecule has 0 rings (SSSR count). The molecule has 0 heterocycles. The van der Waals surface area contributed by atoms with E-state index in [4.69, 9.17) is 4.74 Å². The van der Waals surface area contributed by atoms with Crippen molar-refractivity contribution in [3.8, 4) is 0 Å². The number of aliphatic hydroxyl groups is 2. The Balaban J connectivity index is 3.46. The summed E-state index contributed by atoms with van der Waals surface area (Å²) >= 11 is 0. The first-order chi connectivity index (χ1) is 34.0. The van der Waals surface area contributed by atoms with Gasteiger partial charge in [0.2, 0.25) is 5.91 Å². The third-order valence-corrected chi connectivity index (χ3v) is 14.2. The molecule has 0 saturated heterocycles. The van der Waals surface area contributed by atoms with Crippen molar-refractivity contribution in [1.29, 1.82) is 0 Å². The second-order valence-electron chi connectivity index (χ2n) is 21.0. The molecule has 0 aromatic heterocycles. The third kappa shape index (κ3) is 55.2.